The maximum Gasteiger partial charge on any atom is 0.257 e. The van der Waals surface area contributed by atoms with Gasteiger partial charge >= 0.3 is 0 Å². The van der Waals surface area contributed by atoms with Crippen molar-refractivity contribution < 1.29 is 14.3 Å². The van der Waals surface area contributed by atoms with Crippen molar-refractivity contribution in [1.82, 2.24) is 10.6 Å². The molecule has 1 rings (SSSR count). The van der Waals surface area contributed by atoms with Crippen LogP contribution in [0, 0.1) is 0 Å². The van der Waals surface area contributed by atoms with E-state index in [4.69, 9.17) is 9.47 Å². The predicted molar refractivity (Wildman–Crippen MR) is 77.3 cm³/mol. The summed E-state index contributed by atoms with van der Waals surface area (Å²) < 4.78 is 10.5. The molecule has 0 saturated carbocycles. The van der Waals surface area contributed by atoms with E-state index in [0.717, 1.165) is 13.1 Å². The van der Waals surface area contributed by atoms with Crippen LogP contribution in [-0.2, 0) is 4.79 Å². The Morgan fingerprint density at radius 2 is 1.89 bits per heavy atom. The first-order valence-corrected chi connectivity index (χ1v) is 6.01. The van der Waals surface area contributed by atoms with E-state index in [1.165, 1.54) is 0 Å². The molecule has 0 atom stereocenters. The number of para-hydroxylation sites is 2. The molecule has 0 bridgehead atoms. The average molecular weight is 289 g/mol. The van der Waals surface area contributed by atoms with Crippen LogP contribution >= 0.6 is 12.4 Å². The number of carbonyl (C=O) groups excluding carboxylic acids is 1. The van der Waals surface area contributed by atoms with E-state index in [1.54, 1.807) is 19.2 Å². The highest BCUT2D eigenvalue weighted by Crippen LogP contribution is 2.25. The normalized spacial score (nSPS) is 9.37. The Labute approximate surface area is 120 Å². The Morgan fingerprint density at radius 3 is 2.53 bits per heavy atom. The van der Waals surface area contributed by atoms with E-state index >= 15 is 0 Å². The van der Waals surface area contributed by atoms with Gasteiger partial charge in [0.1, 0.15) is 0 Å². The molecule has 0 aliphatic heterocycles. The van der Waals surface area contributed by atoms with E-state index in [-0.39, 0.29) is 24.9 Å². The van der Waals surface area contributed by atoms with Crippen molar-refractivity contribution in [2.45, 2.75) is 6.92 Å². The molecule has 0 saturated heterocycles. The van der Waals surface area contributed by atoms with Crippen LogP contribution in [0.15, 0.2) is 24.3 Å². The highest BCUT2D eigenvalue weighted by molar-refractivity contribution is 5.85. The topological polar surface area (TPSA) is 59.6 Å². The molecule has 0 aliphatic carbocycles. The van der Waals surface area contributed by atoms with Gasteiger partial charge in [0, 0.05) is 13.1 Å². The van der Waals surface area contributed by atoms with Gasteiger partial charge in [-0.05, 0) is 18.7 Å². The summed E-state index contributed by atoms with van der Waals surface area (Å²) in [7, 11) is 1.57. The van der Waals surface area contributed by atoms with E-state index in [0.29, 0.717) is 18.0 Å². The van der Waals surface area contributed by atoms with Crippen LogP contribution in [0.3, 0.4) is 0 Å². The number of benzene rings is 1. The van der Waals surface area contributed by atoms with Gasteiger partial charge in [0.15, 0.2) is 18.1 Å². The lowest BCUT2D eigenvalue weighted by molar-refractivity contribution is -0.123. The number of halogens is 1. The summed E-state index contributed by atoms with van der Waals surface area (Å²) in [5.74, 6) is 1.05. The molecule has 1 aromatic rings. The Hall–Kier alpha value is -1.46. The van der Waals surface area contributed by atoms with E-state index < -0.39 is 0 Å². The second kappa shape index (κ2) is 10.5. The fourth-order valence-electron chi connectivity index (χ4n) is 1.40. The number of nitrogens with one attached hydrogen (secondary N) is 2. The molecule has 2 N–H and O–H groups in total. The first-order valence-electron chi connectivity index (χ1n) is 6.01. The van der Waals surface area contributed by atoms with E-state index in [1.807, 2.05) is 19.1 Å². The smallest absolute Gasteiger partial charge is 0.257 e. The third-order valence-corrected chi connectivity index (χ3v) is 2.30. The van der Waals surface area contributed by atoms with Gasteiger partial charge in [-0.2, -0.15) is 0 Å². The fourth-order valence-corrected chi connectivity index (χ4v) is 1.40. The summed E-state index contributed by atoms with van der Waals surface area (Å²) >= 11 is 0. The van der Waals surface area contributed by atoms with Crippen LogP contribution < -0.4 is 20.1 Å². The number of methoxy groups -OCH3 is 1. The monoisotopic (exact) mass is 288 g/mol. The highest BCUT2D eigenvalue weighted by Gasteiger charge is 2.05. The maximum atomic E-state index is 11.5. The molecule has 0 unspecified atom stereocenters. The minimum Gasteiger partial charge on any atom is -0.493 e. The fraction of sp³-hybridized carbons (Fsp3) is 0.462. The molecule has 0 heterocycles. The molecule has 19 heavy (non-hydrogen) atoms. The van der Waals surface area contributed by atoms with E-state index in [9.17, 15) is 4.79 Å². The van der Waals surface area contributed by atoms with Crippen molar-refractivity contribution in [3.05, 3.63) is 24.3 Å². The summed E-state index contributed by atoms with van der Waals surface area (Å²) in [6, 6.07) is 7.24. The molecule has 0 aliphatic rings. The highest BCUT2D eigenvalue weighted by atomic mass is 35.5. The zero-order valence-corrected chi connectivity index (χ0v) is 12.1. The quantitative estimate of drug-likeness (QED) is 0.706. The molecule has 1 amide bonds. The largest absolute Gasteiger partial charge is 0.493 e. The van der Waals surface area contributed by atoms with Crippen LogP contribution in [0.2, 0.25) is 0 Å². The van der Waals surface area contributed by atoms with E-state index in [2.05, 4.69) is 10.6 Å². The van der Waals surface area contributed by atoms with Crippen LogP contribution in [0.5, 0.6) is 11.5 Å². The molecule has 0 spiro atoms. The number of ether oxygens (including phenoxy) is 2. The first-order chi connectivity index (χ1) is 8.77. The molecule has 1 aromatic carbocycles. The van der Waals surface area contributed by atoms with Gasteiger partial charge in [0.05, 0.1) is 7.11 Å². The molecular formula is C13H21ClN2O3. The number of rotatable bonds is 8. The summed E-state index contributed by atoms with van der Waals surface area (Å²) in [4.78, 5) is 11.5. The summed E-state index contributed by atoms with van der Waals surface area (Å²) in [6.07, 6.45) is 0. The van der Waals surface area contributed by atoms with Gasteiger partial charge in [-0.25, -0.2) is 0 Å². The number of carbonyl (C=O) groups is 1. The van der Waals surface area contributed by atoms with Crippen molar-refractivity contribution in [1.29, 1.82) is 0 Å². The zero-order valence-electron chi connectivity index (χ0n) is 11.3. The van der Waals surface area contributed by atoms with Crippen molar-refractivity contribution in [3.63, 3.8) is 0 Å². The van der Waals surface area contributed by atoms with Gasteiger partial charge in [-0.1, -0.05) is 19.1 Å². The van der Waals surface area contributed by atoms with Gasteiger partial charge < -0.3 is 20.1 Å². The summed E-state index contributed by atoms with van der Waals surface area (Å²) in [5, 5.41) is 5.88. The lowest BCUT2D eigenvalue weighted by Gasteiger charge is -2.10. The van der Waals surface area contributed by atoms with Crippen molar-refractivity contribution in [3.8, 4) is 11.5 Å². The summed E-state index contributed by atoms with van der Waals surface area (Å²) in [6.45, 7) is 4.27. The van der Waals surface area contributed by atoms with Crippen LogP contribution in [0.4, 0.5) is 0 Å². The Morgan fingerprint density at radius 1 is 1.21 bits per heavy atom. The van der Waals surface area contributed by atoms with Crippen molar-refractivity contribution in [2.75, 3.05) is 33.4 Å². The van der Waals surface area contributed by atoms with Crippen LogP contribution in [-0.4, -0.2) is 39.3 Å². The third kappa shape index (κ3) is 6.88. The van der Waals surface area contributed by atoms with Gasteiger partial charge in [0.2, 0.25) is 0 Å². The lowest BCUT2D eigenvalue weighted by atomic mass is 10.3. The standard InChI is InChI=1S/C13H20N2O3.ClH/c1-3-14-8-9-15-13(16)10-18-12-7-5-4-6-11(12)17-2;/h4-7,14H,3,8-10H2,1-2H3,(H,15,16);1H. The second-order valence-electron chi connectivity index (χ2n) is 3.64. The summed E-state index contributed by atoms with van der Waals surface area (Å²) in [5.41, 5.74) is 0. The Bertz CT molecular complexity index is 375. The van der Waals surface area contributed by atoms with Gasteiger partial charge in [0.25, 0.3) is 5.91 Å². The molecule has 0 radical (unpaired) electrons. The minimum absolute atomic E-state index is 0. The molecule has 0 aromatic heterocycles. The number of hydrogen-bond acceptors (Lipinski definition) is 4. The van der Waals surface area contributed by atoms with Crippen molar-refractivity contribution in [2.24, 2.45) is 0 Å². The Balaban J connectivity index is 0.00000324. The first kappa shape index (κ1) is 17.5. The maximum absolute atomic E-state index is 11.5. The average Bonchev–Trinajstić information content (AvgIpc) is 2.41. The Kier molecular flexibility index (Phi) is 9.66. The molecule has 5 nitrogen and oxygen atoms in total. The molecule has 6 heteroatoms. The minimum atomic E-state index is -0.140. The van der Waals surface area contributed by atoms with Gasteiger partial charge in [-0.3, -0.25) is 4.79 Å². The van der Waals surface area contributed by atoms with Crippen LogP contribution in [0.25, 0.3) is 0 Å². The third-order valence-electron chi connectivity index (χ3n) is 2.30. The lowest BCUT2D eigenvalue weighted by Crippen LogP contribution is -2.34. The van der Waals surface area contributed by atoms with Gasteiger partial charge in [-0.15, -0.1) is 12.4 Å². The zero-order chi connectivity index (χ0) is 13.2. The molecule has 0 fully saturated rings. The second-order valence-corrected chi connectivity index (χ2v) is 3.64. The van der Waals surface area contributed by atoms with Crippen LogP contribution in [0.1, 0.15) is 6.92 Å². The number of hydrogen-bond donors (Lipinski definition) is 2. The SMILES string of the molecule is CCNCCNC(=O)COc1ccccc1OC.Cl. The molecular weight excluding hydrogens is 268 g/mol. The predicted octanol–water partition coefficient (Wildman–Crippen LogP) is 1.22. The number of amides is 1. The number of likely N-dealkylation sites (N-methyl/N-ethyl adjacent to an activating group) is 1. The molecule has 108 valence electrons. The van der Waals surface area contributed by atoms with Crippen molar-refractivity contribution >= 4 is 18.3 Å².